The molecule has 0 radical (unpaired) electrons. The van der Waals surface area contributed by atoms with E-state index in [2.05, 4.69) is 10.3 Å². The monoisotopic (exact) mass is 463 g/mol. The highest BCUT2D eigenvalue weighted by molar-refractivity contribution is 7.89. The lowest BCUT2D eigenvalue weighted by molar-refractivity contribution is 0.102. The zero-order chi connectivity index (χ0) is 22.1. The summed E-state index contributed by atoms with van der Waals surface area (Å²) in [6, 6.07) is 21.7. The molecule has 1 fully saturated rings. The van der Waals surface area contributed by atoms with E-state index in [0.717, 1.165) is 33.6 Å². The number of carbonyl (C=O) groups excluding carboxylic acids is 1. The normalized spacial score (nSPS) is 14.6. The molecule has 32 heavy (non-hydrogen) atoms. The Morgan fingerprint density at radius 1 is 0.938 bits per heavy atom. The Morgan fingerprint density at radius 2 is 1.69 bits per heavy atom. The van der Waals surface area contributed by atoms with Crippen molar-refractivity contribution in [3.8, 4) is 10.6 Å². The zero-order valence-electron chi connectivity index (χ0n) is 17.2. The predicted octanol–water partition coefficient (Wildman–Crippen LogP) is 5.00. The first-order chi connectivity index (χ1) is 15.5. The number of benzene rings is 3. The van der Waals surface area contributed by atoms with Crippen LogP contribution in [0.15, 0.2) is 77.7 Å². The summed E-state index contributed by atoms with van der Waals surface area (Å²) < 4.78 is 28.2. The standard InChI is InChI=1S/C24H21N3O3S2/c28-23(18-6-5-7-20(16-18)32(29,30)27-14-3-4-15-27)25-19-12-10-17(11-13-19)24-26-21-8-1-2-9-22(21)31-24/h1-2,5-13,16H,3-4,14-15H2,(H,25,28). The number of fused-ring (bicyclic) bond motifs is 1. The van der Waals surface area contributed by atoms with Gasteiger partial charge in [-0.05, 0) is 67.4 Å². The van der Waals surface area contributed by atoms with Crippen molar-refractivity contribution >= 4 is 43.2 Å². The van der Waals surface area contributed by atoms with Crippen LogP contribution in [0.4, 0.5) is 5.69 Å². The van der Waals surface area contributed by atoms with Crippen LogP contribution in [-0.2, 0) is 10.0 Å². The summed E-state index contributed by atoms with van der Waals surface area (Å²) in [5.74, 6) is -0.351. The first-order valence-corrected chi connectivity index (χ1v) is 12.6. The van der Waals surface area contributed by atoms with Gasteiger partial charge in [-0.15, -0.1) is 11.3 Å². The first-order valence-electron chi connectivity index (χ1n) is 10.4. The van der Waals surface area contributed by atoms with Crippen molar-refractivity contribution in [3.05, 3.63) is 78.4 Å². The second kappa shape index (κ2) is 8.46. The van der Waals surface area contributed by atoms with Gasteiger partial charge in [-0.3, -0.25) is 4.79 Å². The number of nitrogens with one attached hydrogen (secondary N) is 1. The second-order valence-corrected chi connectivity index (χ2v) is 10.6. The van der Waals surface area contributed by atoms with E-state index in [1.165, 1.54) is 16.4 Å². The molecule has 0 aliphatic carbocycles. The van der Waals surface area contributed by atoms with Gasteiger partial charge in [-0.2, -0.15) is 4.31 Å². The largest absolute Gasteiger partial charge is 0.322 e. The summed E-state index contributed by atoms with van der Waals surface area (Å²) in [6.45, 7) is 1.06. The SMILES string of the molecule is O=C(Nc1ccc(-c2nc3ccccc3s2)cc1)c1cccc(S(=O)(=O)N2CCCC2)c1. The topological polar surface area (TPSA) is 79.4 Å². The maximum Gasteiger partial charge on any atom is 0.255 e. The molecule has 0 bridgehead atoms. The van der Waals surface area contributed by atoms with Crippen molar-refractivity contribution in [1.82, 2.24) is 9.29 Å². The number of hydrogen-bond acceptors (Lipinski definition) is 5. The lowest BCUT2D eigenvalue weighted by Gasteiger charge is -2.16. The predicted molar refractivity (Wildman–Crippen MR) is 127 cm³/mol. The van der Waals surface area contributed by atoms with Crippen LogP contribution in [0.1, 0.15) is 23.2 Å². The number of thiazole rings is 1. The van der Waals surface area contributed by atoms with E-state index in [-0.39, 0.29) is 10.8 Å². The number of sulfonamides is 1. The molecule has 0 unspecified atom stereocenters. The molecule has 8 heteroatoms. The van der Waals surface area contributed by atoms with Crippen molar-refractivity contribution in [2.45, 2.75) is 17.7 Å². The Balaban J connectivity index is 1.33. The average molecular weight is 464 g/mol. The molecule has 5 rings (SSSR count). The Bertz CT molecular complexity index is 1360. The Kier molecular flexibility index (Phi) is 5.50. The molecule has 1 saturated heterocycles. The third-order valence-corrected chi connectivity index (χ3v) is 8.46. The van der Waals surface area contributed by atoms with Crippen LogP contribution in [0.2, 0.25) is 0 Å². The fourth-order valence-corrected chi connectivity index (χ4v) is 6.31. The third-order valence-electron chi connectivity index (χ3n) is 5.48. The van der Waals surface area contributed by atoms with Crippen LogP contribution in [0.5, 0.6) is 0 Å². The molecule has 1 N–H and O–H groups in total. The summed E-state index contributed by atoms with van der Waals surface area (Å²) in [4.78, 5) is 17.6. The van der Waals surface area contributed by atoms with Gasteiger partial charge in [0.2, 0.25) is 10.0 Å². The molecule has 6 nitrogen and oxygen atoms in total. The van der Waals surface area contributed by atoms with E-state index in [1.54, 1.807) is 23.5 Å². The maximum absolute atomic E-state index is 12.8. The highest BCUT2D eigenvalue weighted by Crippen LogP contribution is 2.30. The van der Waals surface area contributed by atoms with Gasteiger partial charge in [-0.25, -0.2) is 13.4 Å². The smallest absolute Gasteiger partial charge is 0.255 e. The fraction of sp³-hybridized carbons (Fsp3) is 0.167. The fourth-order valence-electron chi connectivity index (χ4n) is 3.77. The van der Waals surface area contributed by atoms with Gasteiger partial charge in [0.25, 0.3) is 5.91 Å². The minimum atomic E-state index is -3.57. The van der Waals surface area contributed by atoms with Crippen LogP contribution in [-0.4, -0.2) is 36.7 Å². The average Bonchev–Trinajstić information content (AvgIpc) is 3.50. The quantitative estimate of drug-likeness (QED) is 0.452. The van der Waals surface area contributed by atoms with Gasteiger partial charge in [0.15, 0.2) is 0 Å². The number of hydrogen-bond donors (Lipinski definition) is 1. The van der Waals surface area contributed by atoms with Crippen molar-refractivity contribution < 1.29 is 13.2 Å². The molecule has 2 heterocycles. The molecule has 0 atom stereocenters. The summed E-state index contributed by atoms with van der Waals surface area (Å²) in [7, 11) is -3.57. The molecule has 3 aromatic carbocycles. The van der Waals surface area contributed by atoms with E-state index in [9.17, 15) is 13.2 Å². The lowest BCUT2D eigenvalue weighted by Crippen LogP contribution is -2.28. The second-order valence-electron chi connectivity index (χ2n) is 7.66. The number of nitrogens with zero attached hydrogens (tertiary/aromatic N) is 2. The van der Waals surface area contributed by atoms with Crippen molar-refractivity contribution in [1.29, 1.82) is 0 Å². The van der Waals surface area contributed by atoms with Gasteiger partial charge in [0.05, 0.1) is 15.1 Å². The maximum atomic E-state index is 12.8. The van der Waals surface area contributed by atoms with E-state index in [4.69, 9.17) is 0 Å². The number of aromatic nitrogens is 1. The van der Waals surface area contributed by atoms with Crippen LogP contribution >= 0.6 is 11.3 Å². The summed E-state index contributed by atoms with van der Waals surface area (Å²) in [6.07, 6.45) is 1.73. The van der Waals surface area contributed by atoms with Gasteiger partial charge in [0, 0.05) is 29.9 Å². The highest BCUT2D eigenvalue weighted by Gasteiger charge is 2.27. The third kappa shape index (κ3) is 4.04. The minimum Gasteiger partial charge on any atom is -0.322 e. The van der Waals surface area contributed by atoms with E-state index >= 15 is 0 Å². The van der Waals surface area contributed by atoms with E-state index in [1.807, 2.05) is 48.5 Å². The number of anilines is 1. The van der Waals surface area contributed by atoms with Gasteiger partial charge in [-0.1, -0.05) is 18.2 Å². The Morgan fingerprint density at radius 3 is 2.44 bits per heavy atom. The molecule has 0 saturated carbocycles. The van der Waals surface area contributed by atoms with Crippen LogP contribution < -0.4 is 5.32 Å². The lowest BCUT2D eigenvalue weighted by atomic mass is 10.2. The van der Waals surface area contributed by atoms with Gasteiger partial charge >= 0.3 is 0 Å². The number of rotatable bonds is 5. The van der Waals surface area contributed by atoms with Crippen molar-refractivity contribution in [2.24, 2.45) is 0 Å². The van der Waals surface area contributed by atoms with Gasteiger partial charge < -0.3 is 5.32 Å². The summed E-state index contributed by atoms with van der Waals surface area (Å²) in [5, 5.41) is 3.77. The molecule has 1 amide bonds. The summed E-state index contributed by atoms with van der Waals surface area (Å²) >= 11 is 1.62. The molecular weight excluding hydrogens is 442 g/mol. The van der Waals surface area contributed by atoms with Crippen LogP contribution in [0.3, 0.4) is 0 Å². The molecule has 0 spiro atoms. The molecule has 162 valence electrons. The number of amides is 1. The Hall–Kier alpha value is -3.07. The molecular formula is C24H21N3O3S2. The Labute approximate surface area is 190 Å². The van der Waals surface area contributed by atoms with Crippen LogP contribution in [0.25, 0.3) is 20.8 Å². The molecule has 1 aliphatic rings. The van der Waals surface area contributed by atoms with E-state index < -0.39 is 10.0 Å². The molecule has 1 aliphatic heterocycles. The first kappa shape index (κ1) is 20.8. The zero-order valence-corrected chi connectivity index (χ0v) is 18.8. The number of para-hydroxylation sites is 1. The summed E-state index contributed by atoms with van der Waals surface area (Å²) in [5.41, 5.74) is 2.88. The van der Waals surface area contributed by atoms with Crippen molar-refractivity contribution in [3.63, 3.8) is 0 Å². The number of carbonyl (C=O) groups is 1. The molecule has 4 aromatic rings. The van der Waals surface area contributed by atoms with Gasteiger partial charge in [0.1, 0.15) is 5.01 Å². The van der Waals surface area contributed by atoms with Crippen LogP contribution in [0, 0.1) is 0 Å². The highest BCUT2D eigenvalue weighted by atomic mass is 32.2. The minimum absolute atomic E-state index is 0.151. The van der Waals surface area contributed by atoms with E-state index in [0.29, 0.717) is 24.3 Å². The molecule has 1 aromatic heterocycles. The van der Waals surface area contributed by atoms with Crippen molar-refractivity contribution in [2.75, 3.05) is 18.4 Å².